The van der Waals surface area contributed by atoms with Crippen molar-refractivity contribution in [2.24, 2.45) is 0 Å². The number of hydrogen-bond donors (Lipinski definition) is 0. The van der Waals surface area contributed by atoms with E-state index < -0.39 is 19.7 Å². The highest BCUT2D eigenvalue weighted by molar-refractivity contribution is 9.10. The molecule has 0 saturated carbocycles. The predicted octanol–water partition coefficient (Wildman–Crippen LogP) is 23.9. The van der Waals surface area contributed by atoms with E-state index in [1.807, 2.05) is 24.3 Å². The molecule has 1 saturated heterocycles. The second kappa shape index (κ2) is 28.1. The molecule has 3 heterocycles. The molecule has 0 unspecified atom stereocenters. The van der Waals surface area contributed by atoms with E-state index in [2.05, 4.69) is 329 Å². The monoisotopic (exact) mass is 1570 g/mol. The molecule has 0 N–H and O–H groups in total. The Balaban J connectivity index is 0.000000157. The molecule has 13 heteroatoms. The van der Waals surface area contributed by atoms with Gasteiger partial charge in [0.05, 0.1) is 53.5 Å². The largest absolute Gasteiger partial charge is 0.494 e. The third-order valence-corrected chi connectivity index (χ3v) is 27.1. The first-order valence-electron chi connectivity index (χ1n) is 36.2. The second-order valence-corrected chi connectivity index (χ2v) is 36.3. The minimum Gasteiger partial charge on any atom is -0.399 e. The number of fused-ring (bicyclic) bond motifs is 6. The molecule has 0 radical (unpaired) electrons. The highest BCUT2D eigenvalue weighted by Crippen LogP contribution is 2.55. The average molecular weight is 1570 g/mol. The van der Waals surface area contributed by atoms with Crippen LogP contribution in [0.3, 0.4) is 0 Å². The van der Waals surface area contributed by atoms with Crippen molar-refractivity contribution in [2.75, 3.05) is 9.80 Å². The molecule has 17 rings (SSSR count). The van der Waals surface area contributed by atoms with Crippen molar-refractivity contribution < 1.29 is 26.1 Å². The van der Waals surface area contributed by atoms with Crippen LogP contribution in [0, 0.1) is 0 Å². The Morgan fingerprint density at radius 2 is 0.551 bits per heavy atom. The molecule has 8 nitrogen and oxygen atoms in total. The molecule has 534 valence electrons. The summed E-state index contributed by atoms with van der Waals surface area (Å²) >= 11 is 6.55. The van der Waals surface area contributed by atoms with E-state index in [0.29, 0.717) is 9.79 Å². The van der Waals surface area contributed by atoms with Crippen LogP contribution < -0.4 is 15.3 Å². The van der Waals surface area contributed by atoms with Gasteiger partial charge in [-0.3, -0.25) is 0 Å². The summed E-state index contributed by atoms with van der Waals surface area (Å²) in [6.07, 6.45) is 0. The number of hydrogen-bond acceptors (Lipinski definition) is 8. The van der Waals surface area contributed by atoms with Crippen LogP contribution >= 0.6 is 31.9 Å². The van der Waals surface area contributed by atoms with Crippen LogP contribution in [-0.2, 0) is 45.2 Å². The van der Waals surface area contributed by atoms with Crippen LogP contribution in [0.4, 0.5) is 34.1 Å². The number of rotatable bonds is 10. The number of para-hydroxylation sites is 4. The maximum Gasteiger partial charge on any atom is 0.494 e. The number of anilines is 6. The maximum absolute atomic E-state index is 13.9. The minimum absolute atomic E-state index is 0.00762. The fraction of sp³-hybridized carbons (Fsp3) is 0.170. The lowest BCUT2D eigenvalue weighted by atomic mass is 9.64. The summed E-state index contributed by atoms with van der Waals surface area (Å²) in [6.45, 7) is 22.2. The van der Waals surface area contributed by atoms with E-state index in [-0.39, 0.29) is 50.3 Å². The molecular weight excluding hydrogens is 1490 g/mol. The molecule has 1 fully saturated rings. The Morgan fingerprint density at radius 1 is 0.299 bits per heavy atom. The molecular formula is C94H83BBr2N2O6S2. The molecule has 13 aromatic carbocycles. The Hall–Kier alpha value is -9.70. The van der Waals surface area contributed by atoms with Crippen LogP contribution in [0.2, 0.25) is 0 Å². The first-order valence-corrected chi connectivity index (χ1v) is 40.8. The van der Waals surface area contributed by atoms with E-state index in [1.54, 1.807) is 72.8 Å². The number of halogens is 2. The predicted molar refractivity (Wildman–Crippen MR) is 445 cm³/mol. The molecule has 107 heavy (non-hydrogen) atoms. The van der Waals surface area contributed by atoms with Crippen molar-refractivity contribution in [1.82, 2.24) is 0 Å². The van der Waals surface area contributed by atoms with Crippen LogP contribution in [-0.4, -0.2) is 35.2 Å². The van der Waals surface area contributed by atoms with Crippen molar-refractivity contribution in [1.29, 1.82) is 0 Å². The van der Waals surface area contributed by atoms with Crippen LogP contribution in [0.15, 0.2) is 344 Å². The summed E-state index contributed by atoms with van der Waals surface area (Å²) in [4.78, 5) is 5.80. The maximum atomic E-state index is 13.9. The molecule has 0 aromatic heterocycles. The fourth-order valence-electron chi connectivity index (χ4n) is 15.8. The van der Waals surface area contributed by atoms with Crippen molar-refractivity contribution in [3.05, 3.63) is 374 Å². The summed E-state index contributed by atoms with van der Waals surface area (Å²) < 4.78 is 66.4. The molecule has 0 spiro atoms. The Labute approximate surface area is 648 Å². The Kier molecular flexibility index (Phi) is 19.2. The highest BCUT2D eigenvalue weighted by Gasteiger charge is 2.52. The van der Waals surface area contributed by atoms with Gasteiger partial charge in [-0.1, -0.05) is 268 Å². The quantitative estimate of drug-likeness (QED) is 0.125. The number of benzene rings is 13. The second-order valence-electron chi connectivity index (χ2n) is 30.5. The van der Waals surface area contributed by atoms with E-state index in [1.165, 1.54) is 72.8 Å². The van der Waals surface area contributed by atoms with Crippen molar-refractivity contribution in [2.45, 2.75) is 122 Å². The lowest BCUT2D eigenvalue weighted by molar-refractivity contribution is 0.00578. The number of sulfone groups is 2. The SMILES string of the molecule is CC1(C)c2ccccc2C(c2ccc(B3OC(C)(C)C(C)(C)O3)cc2)c2ccccc21.CC1(C)c2ccccc2N(c2ccc(-c3ccc(S(=O)(=O)c4ccc(-c5ccc(N6c7ccccc7C(C)(C)c7ccccc76)cc5)cc4)cc3)cc2)c2ccccc21.O=S(=O)(c1ccc(Br)cc1)c1ccc(Br)cc1. The molecule has 3 aliphatic heterocycles. The van der Waals surface area contributed by atoms with Crippen molar-refractivity contribution >= 4 is 98.2 Å². The third kappa shape index (κ3) is 13.3. The smallest absolute Gasteiger partial charge is 0.399 e. The van der Waals surface area contributed by atoms with Crippen molar-refractivity contribution in [3.8, 4) is 22.3 Å². The first-order chi connectivity index (χ1) is 51.1. The van der Waals surface area contributed by atoms with Gasteiger partial charge in [-0.2, -0.15) is 0 Å². The van der Waals surface area contributed by atoms with E-state index in [9.17, 15) is 16.8 Å². The zero-order valence-electron chi connectivity index (χ0n) is 61.6. The van der Waals surface area contributed by atoms with Gasteiger partial charge in [-0.15, -0.1) is 0 Å². The van der Waals surface area contributed by atoms with Crippen LogP contribution in [0.25, 0.3) is 22.3 Å². The van der Waals surface area contributed by atoms with E-state index >= 15 is 0 Å². The standard InChI is InChI=1S/C54H44N2O2S.C28H31BO2.C12H8Br2O2S/c1-53(2)45-13-5-9-17-49(45)55(50-18-10-6-14-46(50)53)41-29-21-37(22-30-41)39-25-33-43(34-26-39)59(57,58)44-35-27-40(28-36-44)38-23-31-42(32-24-38)56-51-19-11-7-15-47(51)54(3,4)48-16-8-12-20-52(48)56;1-26(2)23-13-9-7-11-21(23)25(22-12-8-10-14-24(22)26)19-15-17-20(18-16-19)29-30-27(3,4)28(5,6)31-29;13-9-1-5-11(6-2-9)17(15,16)12-7-3-10(14)4-8-12/h5-36H,1-4H3;7-18,25H,1-6H3;1-8H. The van der Waals surface area contributed by atoms with E-state index in [0.717, 1.165) is 48.0 Å². The zero-order valence-corrected chi connectivity index (χ0v) is 66.4. The van der Waals surface area contributed by atoms with E-state index in [4.69, 9.17) is 9.31 Å². The van der Waals surface area contributed by atoms with Gasteiger partial charge >= 0.3 is 7.12 Å². The zero-order chi connectivity index (χ0) is 75.0. The van der Waals surface area contributed by atoms with Gasteiger partial charge in [0.1, 0.15) is 0 Å². The van der Waals surface area contributed by atoms with Crippen molar-refractivity contribution in [3.63, 3.8) is 0 Å². The summed E-state index contributed by atoms with van der Waals surface area (Å²) in [5.74, 6) is 0.229. The Morgan fingerprint density at radius 3 is 0.860 bits per heavy atom. The summed E-state index contributed by atoms with van der Waals surface area (Å²) in [5, 5.41) is 0. The molecule has 0 atom stereocenters. The number of nitrogens with zero attached hydrogens (tertiary/aromatic N) is 2. The Bertz CT molecular complexity index is 5310. The van der Waals surface area contributed by atoms with Gasteiger partial charge in [0.25, 0.3) is 0 Å². The van der Waals surface area contributed by atoms with Crippen LogP contribution in [0.5, 0.6) is 0 Å². The molecule has 1 aliphatic carbocycles. The topological polar surface area (TPSA) is 93.2 Å². The molecule has 4 aliphatic rings. The third-order valence-electron chi connectivity index (χ3n) is 22.5. The van der Waals surface area contributed by atoms with Gasteiger partial charge in [0, 0.05) is 42.5 Å². The summed E-state index contributed by atoms with van der Waals surface area (Å²) in [7, 11) is -7.47. The van der Waals surface area contributed by atoms with Crippen LogP contribution in [0.1, 0.15) is 125 Å². The molecule has 13 aromatic rings. The van der Waals surface area contributed by atoms with Gasteiger partial charge in [0.15, 0.2) is 0 Å². The summed E-state index contributed by atoms with van der Waals surface area (Å²) in [5.41, 5.74) is 23.1. The highest BCUT2D eigenvalue weighted by atomic mass is 79.9. The normalized spacial score (nSPS) is 16.0. The molecule has 0 bridgehead atoms. The molecule has 0 amide bonds. The van der Waals surface area contributed by atoms with Gasteiger partial charge in [-0.05, 0) is 227 Å². The van der Waals surface area contributed by atoms with Gasteiger partial charge in [-0.25, -0.2) is 16.8 Å². The van der Waals surface area contributed by atoms with Gasteiger partial charge < -0.3 is 19.1 Å². The lowest BCUT2D eigenvalue weighted by Gasteiger charge is -2.42. The first kappa shape index (κ1) is 72.8. The summed E-state index contributed by atoms with van der Waals surface area (Å²) in [6, 6.07) is 106. The average Bonchev–Trinajstić information content (AvgIpc) is 1.71. The minimum atomic E-state index is -3.73. The van der Waals surface area contributed by atoms with Gasteiger partial charge in [0.2, 0.25) is 19.7 Å². The fourth-order valence-corrected chi connectivity index (χ4v) is 18.8. The lowest BCUT2D eigenvalue weighted by Crippen LogP contribution is -2.41.